The molecule has 0 aromatic heterocycles. The average molecular weight is 418 g/mol. The number of thioether (sulfide) groups is 1. The third-order valence-corrected chi connectivity index (χ3v) is 5.27. The number of amides is 2. The molecule has 1 saturated heterocycles. The van der Waals surface area contributed by atoms with Gasteiger partial charge in [-0.2, -0.15) is 8.78 Å². The Kier molecular flexibility index (Phi) is 6.16. The van der Waals surface area contributed by atoms with Crippen molar-refractivity contribution in [2.45, 2.75) is 30.0 Å². The van der Waals surface area contributed by atoms with Crippen LogP contribution in [0.4, 0.5) is 23.7 Å². The molecule has 1 fully saturated rings. The maximum Gasteiger partial charge on any atom is 0.414 e. The number of halogens is 3. The van der Waals surface area contributed by atoms with Crippen molar-refractivity contribution in [2.75, 3.05) is 18.0 Å². The molecule has 0 aliphatic carbocycles. The molecule has 0 radical (unpaired) electrons. The van der Waals surface area contributed by atoms with Crippen LogP contribution in [0.25, 0.3) is 0 Å². The Hall–Kier alpha value is -2.24. The predicted molar refractivity (Wildman–Crippen MR) is 94.5 cm³/mol. The maximum absolute atomic E-state index is 14.6. The number of benzene rings is 1. The van der Waals surface area contributed by atoms with Crippen molar-refractivity contribution >= 4 is 29.4 Å². The first-order chi connectivity index (χ1) is 13.3. The molecule has 3 unspecified atom stereocenters. The summed E-state index contributed by atoms with van der Waals surface area (Å²) in [6.07, 6.45) is -4.43. The van der Waals surface area contributed by atoms with Crippen LogP contribution in [-0.4, -0.2) is 59.4 Å². The molecular weight excluding hydrogens is 401 g/mol. The molecule has 1 aromatic carbocycles. The molecular formula is C17H17F3N2O5S. The summed E-state index contributed by atoms with van der Waals surface area (Å²) in [6, 6.07) is 3.94. The fourth-order valence-electron chi connectivity index (χ4n) is 2.95. The smallest absolute Gasteiger partial charge is 0.414 e. The van der Waals surface area contributed by atoms with E-state index in [1.807, 2.05) is 5.32 Å². The number of hydrogen-bond donors (Lipinski definition) is 3. The molecule has 3 N–H and O–H groups in total. The van der Waals surface area contributed by atoms with Crippen molar-refractivity contribution in [3.05, 3.63) is 41.1 Å². The molecule has 2 aliphatic heterocycles. The van der Waals surface area contributed by atoms with Crippen LogP contribution < -0.4 is 10.2 Å². The topological polar surface area (TPSA) is 99.1 Å². The van der Waals surface area contributed by atoms with E-state index < -0.39 is 47.8 Å². The minimum absolute atomic E-state index is 0.0531. The van der Waals surface area contributed by atoms with Gasteiger partial charge in [0.25, 0.3) is 5.91 Å². The molecule has 2 heterocycles. The van der Waals surface area contributed by atoms with E-state index in [1.165, 1.54) is 12.1 Å². The highest BCUT2D eigenvalue weighted by atomic mass is 32.2. The molecule has 1 aromatic rings. The normalized spacial score (nSPS) is 27.2. The number of nitrogens with zero attached hydrogens (tertiary/aromatic N) is 1. The highest BCUT2D eigenvalue weighted by molar-refractivity contribution is 8.02. The van der Waals surface area contributed by atoms with Crippen LogP contribution in [0.15, 0.2) is 29.7 Å². The first-order valence-corrected chi connectivity index (χ1v) is 9.24. The van der Waals surface area contributed by atoms with E-state index in [0.29, 0.717) is 0 Å². The number of cyclic esters (lactones) is 1. The molecule has 3 rings (SSSR count). The minimum atomic E-state index is -3.17. The molecule has 0 spiro atoms. The van der Waals surface area contributed by atoms with Crippen LogP contribution in [0.1, 0.15) is 11.5 Å². The number of hydrogen-bond acceptors (Lipinski definition) is 6. The number of anilines is 1. The molecule has 11 heteroatoms. The molecule has 0 bridgehead atoms. The van der Waals surface area contributed by atoms with E-state index in [4.69, 9.17) is 4.74 Å². The fourth-order valence-corrected chi connectivity index (χ4v) is 3.71. The van der Waals surface area contributed by atoms with Crippen molar-refractivity contribution in [3.63, 3.8) is 0 Å². The molecule has 7 nitrogen and oxygen atoms in total. The van der Waals surface area contributed by atoms with Gasteiger partial charge in [-0.05, 0) is 23.1 Å². The SMILES string of the molecule is O=C(NC[C@H]1CN(c2ccc(C3C=CSC(O)C3O)c(F)c2)C(=O)O1)C(F)F. The summed E-state index contributed by atoms with van der Waals surface area (Å²) in [6.45, 7) is -0.344. The van der Waals surface area contributed by atoms with Crippen LogP contribution in [-0.2, 0) is 9.53 Å². The highest BCUT2D eigenvalue weighted by Gasteiger charge is 2.35. The second kappa shape index (κ2) is 8.41. The first kappa shape index (κ1) is 20.5. The van der Waals surface area contributed by atoms with Gasteiger partial charge in [0, 0.05) is 5.92 Å². The van der Waals surface area contributed by atoms with Crippen LogP contribution in [0.3, 0.4) is 0 Å². The van der Waals surface area contributed by atoms with Gasteiger partial charge >= 0.3 is 12.5 Å². The minimum Gasteiger partial charge on any atom is -0.442 e. The lowest BCUT2D eigenvalue weighted by Crippen LogP contribution is -2.37. The summed E-state index contributed by atoms with van der Waals surface area (Å²) in [5.74, 6) is -2.90. The summed E-state index contributed by atoms with van der Waals surface area (Å²) in [7, 11) is 0. The predicted octanol–water partition coefficient (Wildman–Crippen LogP) is 1.56. The Morgan fingerprint density at radius 1 is 1.39 bits per heavy atom. The first-order valence-electron chi connectivity index (χ1n) is 8.29. The summed E-state index contributed by atoms with van der Waals surface area (Å²) < 4.78 is 44.0. The summed E-state index contributed by atoms with van der Waals surface area (Å²) in [5.41, 5.74) is -0.745. The van der Waals surface area contributed by atoms with E-state index in [0.717, 1.165) is 22.7 Å². The average Bonchev–Trinajstić information content (AvgIpc) is 3.03. The lowest BCUT2D eigenvalue weighted by atomic mass is 9.92. The third-order valence-electron chi connectivity index (χ3n) is 4.40. The highest BCUT2D eigenvalue weighted by Crippen LogP contribution is 2.35. The molecule has 4 atom stereocenters. The number of ether oxygens (including phenoxy) is 1. The summed E-state index contributed by atoms with van der Waals surface area (Å²) in [5, 5.41) is 23.3. The number of aliphatic hydroxyl groups is 2. The van der Waals surface area contributed by atoms with E-state index in [-0.39, 0.29) is 24.3 Å². The van der Waals surface area contributed by atoms with E-state index >= 15 is 0 Å². The molecule has 152 valence electrons. The number of carbonyl (C=O) groups is 2. The van der Waals surface area contributed by atoms with Crippen molar-refractivity contribution in [1.29, 1.82) is 0 Å². The zero-order chi connectivity index (χ0) is 20.4. The van der Waals surface area contributed by atoms with Gasteiger partial charge in [0.2, 0.25) is 0 Å². The van der Waals surface area contributed by atoms with Gasteiger partial charge in [0.1, 0.15) is 17.4 Å². The number of aliphatic hydroxyl groups excluding tert-OH is 2. The Balaban J connectivity index is 1.70. The largest absolute Gasteiger partial charge is 0.442 e. The lowest BCUT2D eigenvalue weighted by Gasteiger charge is -2.28. The van der Waals surface area contributed by atoms with Crippen LogP contribution in [0.5, 0.6) is 0 Å². The Morgan fingerprint density at radius 3 is 2.82 bits per heavy atom. The van der Waals surface area contributed by atoms with Gasteiger partial charge < -0.3 is 20.3 Å². The molecule has 28 heavy (non-hydrogen) atoms. The molecule has 0 saturated carbocycles. The Bertz CT molecular complexity index is 794. The van der Waals surface area contributed by atoms with Gasteiger partial charge in [0.15, 0.2) is 0 Å². The van der Waals surface area contributed by atoms with Crippen molar-refractivity contribution in [2.24, 2.45) is 0 Å². The van der Waals surface area contributed by atoms with E-state index in [1.54, 1.807) is 11.5 Å². The standard InChI is InChI=1S/C17H17F3N2O5S/c18-12-5-8(1-2-10(12)11-3-4-28-16(25)13(11)23)22-7-9(27-17(22)26)6-21-15(24)14(19)20/h1-5,9,11,13-14,16,23,25H,6-7H2,(H,21,24)/t9-,11?,13?,16?/m0/s1. The van der Waals surface area contributed by atoms with Crippen molar-refractivity contribution in [1.82, 2.24) is 5.32 Å². The van der Waals surface area contributed by atoms with Gasteiger partial charge in [-0.1, -0.05) is 12.1 Å². The number of carbonyl (C=O) groups excluding carboxylic acids is 2. The lowest BCUT2D eigenvalue weighted by molar-refractivity contribution is -0.132. The van der Waals surface area contributed by atoms with E-state index in [9.17, 15) is 33.0 Å². The van der Waals surface area contributed by atoms with Crippen LogP contribution in [0, 0.1) is 5.82 Å². The number of rotatable bonds is 5. The summed E-state index contributed by atoms with van der Waals surface area (Å²) in [4.78, 5) is 24.0. The van der Waals surface area contributed by atoms with Crippen LogP contribution in [0.2, 0.25) is 0 Å². The second-order valence-electron chi connectivity index (χ2n) is 6.24. The van der Waals surface area contributed by atoms with Gasteiger partial charge in [-0.15, -0.1) is 11.8 Å². The van der Waals surface area contributed by atoms with Gasteiger partial charge in [-0.25, -0.2) is 9.18 Å². The number of alkyl halides is 2. The van der Waals surface area contributed by atoms with Gasteiger partial charge in [-0.3, -0.25) is 9.69 Å². The van der Waals surface area contributed by atoms with Crippen LogP contribution >= 0.6 is 11.8 Å². The van der Waals surface area contributed by atoms with E-state index in [2.05, 4.69) is 0 Å². The molecule has 2 aliphatic rings. The maximum atomic E-state index is 14.6. The second-order valence-corrected chi connectivity index (χ2v) is 7.27. The van der Waals surface area contributed by atoms with Crippen molar-refractivity contribution in [3.8, 4) is 0 Å². The zero-order valence-electron chi connectivity index (χ0n) is 14.3. The Labute approximate surface area is 162 Å². The Morgan fingerprint density at radius 2 is 2.14 bits per heavy atom. The van der Waals surface area contributed by atoms with Crippen molar-refractivity contribution < 1.29 is 37.7 Å². The third kappa shape index (κ3) is 4.26. The fraction of sp³-hybridized carbons (Fsp3) is 0.412. The quantitative estimate of drug-likeness (QED) is 0.671. The number of nitrogens with one attached hydrogen (secondary N) is 1. The van der Waals surface area contributed by atoms with Gasteiger partial charge in [0.05, 0.1) is 24.9 Å². The molecule has 2 amide bonds. The summed E-state index contributed by atoms with van der Waals surface area (Å²) >= 11 is 1.02. The zero-order valence-corrected chi connectivity index (χ0v) is 15.1. The monoisotopic (exact) mass is 418 g/mol.